The third kappa shape index (κ3) is 15.8. The van der Waals surface area contributed by atoms with Crippen LogP contribution < -0.4 is 0 Å². The predicted molar refractivity (Wildman–Crippen MR) is 198 cm³/mol. The molecule has 0 saturated carbocycles. The molecule has 1 aromatic carbocycles. The van der Waals surface area contributed by atoms with Crippen LogP contribution in [0.5, 0.6) is 0 Å². The second-order valence-corrected chi connectivity index (χ2v) is 44.3. The van der Waals surface area contributed by atoms with Gasteiger partial charge in [-0.15, -0.1) is 0 Å². The quantitative estimate of drug-likeness (QED) is 0.214. The molecule has 1 aromatic rings. The molecule has 226 valence electrons. The molecule has 0 atom stereocenters. The van der Waals surface area contributed by atoms with Crippen LogP contribution in [0.1, 0.15) is 94.2 Å². The molecule has 0 saturated heterocycles. The maximum atomic E-state index is 2.68. The summed E-state index contributed by atoms with van der Waals surface area (Å²) in [5.74, 6) is 0. The Kier molecular flexibility index (Phi) is 13.5. The molecule has 0 heterocycles. The first-order valence-corrected chi connectivity index (χ1v) is 32.4. The van der Waals surface area contributed by atoms with Gasteiger partial charge in [0.2, 0.25) is 0 Å². The van der Waals surface area contributed by atoms with Crippen LogP contribution in [0.15, 0.2) is 31.8 Å². The summed E-state index contributed by atoms with van der Waals surface area (Å²) < 4.78 is 3.86. The van der Waals surface area contributed by atoms with Crippen LogP contribution in [-0.2, 0) is 0 Å². The Morgan fingerprint density at radius 1 is 0.475 bits per heavy atom. The van der Waals surface area contributed by atoms with E-state index in [2.05, 4.69) is 159 Å². The third-order valence-corrected chi connectivity index (χ3v) is 45.3. The second kappa shape index (κ2) is 14.0. The van der Waals surface area contributed by atoms with E-state index in [0.29, 0.717) is 21.7 Å². The molecule has 0 aliphatic heterocycles. The molecule has 0 radical (unpaired) electrons. The van der Waals surface area contributed by atoms with Gasteiger partial charge in [-0.25, -0.2) is 0 Å². The van der Waals surface area contributed by atoms with Crippen LogP contribution >= 0.6 is 0 Å². The average Bonchev–Trinajstić information content (AvgIpc) is 2.64. The van der Waals surface area contributed by atoms with Gasteiger partial charge in [0.05, 0.1) is 0 Å². The van der Waals surface area contributed by atoms with Crippen molar-refractivity contribution in [1.82, 2.24) is 0 Å². The van der Waals surface area contributed by atoms with E-state index in [-0.39, 0.29) is 0 Å². The summed E-state index contributed by atoms with van der Waals surface area (Å²) in [6.07, 6.45) is 5.36. The average molecular weight is 697 g/mol. The minimum atomic E-state index is -1.69. The van der Waals surface area contributed by atoms with Crippen LogP contribution in [0.2, 0.25) is 59.2 Å². The van der Waals surface area contributed by atoms with E-state index < -0.39 is 48.6 Å². The molecule has 1 rings (SSSR count). The fourth-order valence-electron chi connectivity index (χ4n) is 6.48. The summed E-state index contributed by atoms with van der Waals surface area (Å²) in [6.45, 7) is 45.1. The molecule has 0 nitrogen and oxygen atoms in total. The molecule has 0 fully saturated rings. The van der Waals surface area contributed by atoms with Crippen molar-refractivity contribution in [3.63, 3.8) is 0 Å². The van der Waals surface area contributed by atoms with E-state index in [1.165, 1.54) is 31.0 Å². The maximum absolute atomic E-state index is 2.68. The van der Waals surface area contributed by atoms with Crippen LogP contribution in [0.25, 0.3) is 12.2 Å². The number of hydrogen-bond acceptors (Lipinski definition) is 0. The van der Waals surface area contributed by atoms with Crippen molar-refractivity contribution >= 4 is 60.7 Å². The van der Waals surface area contributed by atoms with E-state index in [4.69, 9.17) is 0 Å². The predicted octanol–water partition coefficient (Wildman–Crippen LogP) is 12.5. The fourth-order valence-corrected chi connectivity index (χ4v) is 44.3. The van der Waals surface area contributed by atoms with Crippen molar-refractivity contribution in [2.75, 3.05) is 0 Å². The normalized spacial score (nSPS) is 14.9. The van der Waals surface area contributed by atoms with Gasteiger partial charge in [-0.3, -0.25) is 0 Å². The summed E-state index contributed by atoms with van der Waals surface area (Å²) in [5, 5.41) is 0. The zero-order chi connectivity index (χ0) is 31.5. The van der Waals surface area contributed by atoms with Gasteiger partial charge in [0.25, 0.3) is 0 Å². The third-order valence-electron chi connectivity index (χ3n) is 7.63. The summed E-state index contributed by atoms with van der Waals surface area (Å²) in [7, 11) is -2.82. The monoisotopic (exact) mass is 694 g/mol. The molecule has 0 unspecified atom stereocenters. The Labute approximate surface area is 265 Å². The van der Waals surface area contributed by atoms with Crippen LogP contribution in [-0.4, -0.2) is 48.6 Å². The minimum absolute atomic E-state index is 0.415. The van der Waals surface area contributed by atoms with Crippen molar-refractivity contribution in [1.29, 1.82) is 0 Å². The molecular formula is C36H68Ga2Si2. The van der Waals surface area contributed by atoms with E-state index in [9.17, 15) is 0 Å². The Balaban J connectivity index is 3.60. The van der Waals surface area contributed by atoms with Crippen molar-refractivity contribution in [2.45, 2.75) is 142 Å². The van der Waals surface area contributed by atoms with Gasteiger partial charge >= 0.3 is 268 Å². The van der Waals surface area contributed by atoms with Crippen molar-refractivity contribution in [3.8, 4) is 0 Å². The Hall–Kier alpha value is 0.406. The molecule has 4 heteroatoms. The second-order valence-electron chi connectivity index (χ2n) is 19.8. The zero-order valence-corrected chi connectivity index (χ0v) is 37.3. The van der Waals surface area contributed by atoms with Crippen LogP contribution in [0.4, 0.5) is 0 Å². The molecule has 40 heavy (non-hydrogen) atoms. The van der Waals surface area contributed by atoms with Crippen molar-refractivity contribution < 1.29 is 0 Å². The van der Waals surface area contributed by atoms with Crippen molar-refractivity contribution in [3.05, 3.63) is 42.9 Å². The van der Waals surface area contributed by atoms with Crippen LogP contribution in [0, 0.1) is 21.7 Å². The standard InChI is InChI=1S/C16H24Si2.4C5H11.2Ga/c1-17(2,3)13-11-15-7-9-16(10-8-15)12-14-18(4,5)6;4*1-5(2,3)4;;/h7-12H,1-6H3;4*1H2,2-4H3;;. The van der Waals surface area contributed by atoms with Gasteiger partial charge in [0, 0.05) is 0 Å². The molecule has 0 spiro atoms. The molecular weight excluding hydrogens is 628 g/mol. The number of hydrogen-bond donors (Lipinski definition) is 0. The Morgan fingerprint density at radius 2 is 0.675 bits per heavy atom. The molecule has 0 aromatic heterocycles. The van der Waals surface area contributed by atoms with Crippen LogP contribution in [0.3, 0.4) is 0 Å². The molecule has 0 bridgehead atoms. The Bertz CT molecular complexity index is 875. The van der Waals surface area contributed by atoms with E-state index >= 15 is 0 Å². The summed E-state index contributed by atoms with van der Waals surface area (Å²) >= 11 is -3.38. The summed E-state index contributed by atoms with van der Waals surface area (Å²) in [5.41, 5.74) is 4.53. The van der Waals surface area contributed by atoms with E-state index in [1.54, 1.807) is 0 Å². The summed E-state index contributed by atoms with van der Waals surface area (Å²) in [4.78, 5) is 5.79. The van der Waals surface area contributed by atoms with E-state index in [1.807, 2.05) is 7.50 Å². The van der Waals surface area contributed by atoms with Crippen molar-refractivity contribution in [2.24, 2.45) is 21.7 Å². The fraction of sp³-hybridized carbons (Fsp3) is 0.722. The molecule has 0 aliphatic rings. The number of benzene rings is 1. The molecule has 0 N–H and O–H groups in total. The first-order chi connectivity index (χ1) is 17.6. The number of rotatable bonds is 10. The van der Waals surface area contributed by atoms with Gasteiger partial charge in [-0.1, -0.05) is 0 Å². The molecule has 0 amide bonds. The zero-order valence-electron chi connectivity index (χ0n) is 30.4. The van der Waals surface area contributed by atoms with Gasteiger partial charge in [-0.05, 0) is 0 Å². The van der Waals surface area contributed by atoms with Gasteiger partial charge in [0.15, 0.2) is 0 Å². The van der Waals surface area contributed by atoms with E-state index in [0.717, 1.165) is 0 Å². The Morgan fingerprint density at radius 3 is 0.825 bits per heavy atom. The summed E-state index contributed by atoms with van der Waals surface area (Å²) in [6, 6.07) is 9.77. The van der Waals surface area contributed by atoms with Gasteiger partial charge in [0.1, 0.15) is 0 Å². The molecule has 0 aliphatic carbocycles. The SMILES string of the molecule is CC(C)(C)[CH2][Ga]([CH2]C(C)(C)C)/[C](=C\c1ccc(/C=[C](\[Ga]([CH2]C(C)(C)C)[CH2]C(C)(C)C)[Si](C)(C)C)cc1)[Si](C)(C)C. The first-order valence-electron chi connectivity index (χ1n) is 16.1. The van der Waals surface area contributed by atoms with Gasteiger partial charge < -0.3 is 0 Å². The van der Waals surface area contributed by atoms with Gasteiger partial charge in [-0.2, -0.15) is 0 Å². The topological polar surface area (TPSA) is 0 Å². The first kappa shape index (κ1) is 38.4.